The summed E-state index contributed by atoms with van der Waals surface area (Å²) in [6.45, 7) is 8.26. The standard InChI is InChI=1S/C22H29BN4O4/c1-21(2)22(3,4)31-23(30-21)17(13-18-11-8-12-19(26-18)27-24)14-25-20(28)29-15-16-9-6-5-7-10-16/h5-13H,14-15,24H2,1-4H3,(H,25,28)(H,26,27). The van der Waals surface area contributed by atoms with Crippen LogP contribution in [0.5, 0.6) is 0 Å². The summed E-state index contributed by atoms with van der Waals surface area (Å²) in [6, 6.07) is 14.9. The SMILES string of the molecule is CC1(C)OB(C(=Cc2cccc(NN)n2)CNC(=O)OCc2ccccc2)OC1(C)C. The van der Waals surface area contributed by atoms with Crippen molar-refractivity contribution in [1.29, 1.82) is 0 Å². The Morgan fingerprint density at radius 3 is 2.42 bits per heavy atom. The van der Waals surface area contributed by atoms with Crippen molar-refractivity contribution < 1.29 is 18.8 Å². The molecule has 8 nitrogen and oxygen atoms in total. The highest BCUT2D eigenvalue weighted by Gasteiger charge is 2.52. The normalized spacial score (nSPS) is 17.3. The number of hydrogen-bond acceptors (Lipinski definition) is 7. The molecule has 1 aliphatic rings. The number of carbonyl (C=O) groups excluding carboxylic acids is 1. The average Bonchev–Trinajstić information content (AvgIpc) is 2.97. The summed E-state index contributed by atoms with van der Waals surface area (Å²) in [4.78, 5) is 16.7. The number of hydrogen-bond donors (Lipinski definition) is 3. The Balaban J connectivity index is 1.73. The first-order valence-electron chi connectivity index (χ1n) is 10.1. The van der Waals surface area contributed by atoms with Gasteiger partial charge in [-0.2, -0.15) is 0 Å². The van der Waals surface area contributed by atoms with Gasteiger partial charge in [0.05, 0.1) is 16.9 Å². The molecule has 1 aliphatic heterocycles. The Kier molecular flexibility index (Phi) is 6.99. The summed E-state index contributed by atoms with van der Waals surface area (Å²) in [5, 5.41) is 2.78. The van der Waals surface area contributed by atoms with Gasteiger partial charge in [0.15, 0.2) is 0 Å². The number of nitrogens with zero attached hydrogens (tertiary/aromatic N) is 1. The molecule has 3 rings (SSSR count). The second-order valence-corrected chi connectivity index (χ2v) is 8.31. The van der Waals surface area contributed by atoms with Gasteiger partial charge in [0.25, 0.3) is 0 Å². The fourth-order valence-corrected chi connectivity index (χ4v) is 2.95. The van der Waals surface area contributed by atoms with Gasteiger partial charge in [-0.1, -0.05) is 36.4 Å². The van der Waals surface area contributed by atoms with Crippen LogP contribution in [0.15, 0.2) is 54.0 Å². The first kappa shape index (κ1) is 22.8. The minimum Gasteiger partial charge on any atom is -0.445 e. The summed E-state index contributed by atoms with van der Waals surface area (Å²) in [7, 11) is -0.643. The largest absolute Gasteiger partial charge is 0.492 e. The van der Waals surface area contributed by atoms with Crippen molar-refractivity contribution in [2.75, 3.05) is 12.0 Å². The number of aromatic nitrogens is 1. The van der Waals surface area contributed by atoms with Gasteiger partial charge in [0.1, 0.15) is 12.4 Å². The second-order valence-electron chi connectivity index (χ2n) is 8.31. The predicted molar refractivity (Wildman–Crippen MR) is 121 cm³/mol. The lowest BCUT2D eigenvalue weighted by atomic mass is 9.77. The van der Waals surface area contributed by atoms with Crippen molar-refractivity contribution in [2.45, 2.75) is 45.5 Å². The molecule has 31 heavy (non-hydrogen) atoms. The van der Waals surface area contributed by atoms with Crippen LogP contribution in [0.4, 0.5) is 10.6 Å². The van der Waals surface area contributed by atoms with Crippen LogP contribution in [-0.4, -0.2) is 35.9 Å². The van der Waals surface area contributed by atoms with Gasteiger partial charge in [0.2, 0.25) is 0 Å². The number of nitrogens with two attached hydrogens (primary N) is 1. The van der Waals surface area contributed by atoms with E-state index in [1.807, 2.05) is 76.2 Å². The molecule has 1 aromatic heterocycles. The fourth-order valence-electron chi connectivity index (χ4n) is 2.95. The number of nitrogens with one attached hydrogen (secondary N) is 2. The van der Waals surface area contributed by atoms with Crippen LogP contribution in [0.3, 0.4) is 0 Å². The van der Waals surface area contributed by atoms with Crippen molar-refractivity contribution in [3.63, 3.8) is 0 Å². The molecule has 0 atom stereocenters. The Bertz CT molecular complexity index is 918. The summed E-state index contributed by atoms with van der Waals surface area (Å²) >= 11 is 0. The maximum absolute atomic E-state index is 12.3. The Hall–Kier alpha value is -2.88. The van der Waals surface area contributed by atoms with E-state index in [4.69, 9.17) is 19.9 Å². The topological polar surface area (TPSA) is 108 Å². The maximum Gasteiger partial charge on any atom is 0.492 e. The molecule has 1 aromatic carbocycles. The first-order chi connectivity index (χ1) is 14.7. The molecule has 2 heterocycles. The lowest BCUT2D eigenvalue weighted by Crippen LogP contribution is -2.41. The van der Waals surface area contributed by atoms with Crippen LogP contribution in [-0.2, 0) is 20.7 Å². The second kappa shape index (κ2) is 9.51. The number of pyridine rings is 1. The third-order valence-corrected chi connectivity index (χ3v) is 5.46. The van der Waals surface area contributed by atoms with E-state index in [0.29, 0.717) is 17.0 Å². The lowest BCUT2D eigenvalue weighted by Gasteiger charge is -2.32. The molecule has 0 saturated carbocycles. The lowest BCUT2D eigenvalue weighted by molar-refractivity contribution is 0.00578. The van der Waals surface area contributed by atoms with Crippen LogP contribution in [0, 0.1) is 0 Å². The molecule has 1 fully saturated rings. The molecule has 2 aromatic rings. The zero-order valence-electron chi connectivity index (χ0n) is 18.3. The van der Waals surface area contributed by atoms with Crippen molar-refractivity contribution in [1.82, 2.24) is 10.3 Å². The zero-order chi connectivity index (χ0) is 22.5. The van der Waals surface area contributed by atoms with Crippen LogP contribution < -0.4 is 16.6 Å². The van der Waals surface area contributed by atoms with E-state index in [1.54, 1.807) is 6.07 Å². The minimum absolute atomic E-state index is 0.173. The predicted octanol–water partition coefficient (Wildman–Crippen LogP) is 3.31. The van der Waals surface area contributed by atoms with Gasteiger partial charge in [-0.05, 0) is 56.9 Å². The van der Waals surface area contributed by atoms with Crippen LogP contribution in [0.25, 0.3) is 6.08 Å². The monoisotopic (exact) mass is 424 g/mol. The summed E-state index contributed by atoms with van der Waals surface area (Å²) in [5.74, 6) is 5.99. The number of ether oxygens (including phenoxy) is 1. The van der Waals surface area contributed by atoms with Gasteiger partial charge in [0, 0.05) is 6.54 Å². The van der Waals surface area contributed by atoms with E-state index < -0.39 is 24.4 Å². The molecule has 164 valence electrons. The number of rotatable bonds is 7. The fraction of sp³-hybridized carbons (Fsp3) is 0.364. The number of nitrogen functional groups attached to an aromatic ring is 1. The third kappa shape index (κ3) is 5.84. The van der Waals surface area contributed by atoms with E-state index in [-0.39, 0.29) is 13.2 Å². The quantitative estimate of drug-likeness (QED) is 0.356. The molecule has 0 aliphatic carbocycles. The Labute approximate surface area is 183 Å². The molecule has 1 saturated heterocycles. The summed E-state index contributed by atoms with van der Waals surface area (Å²) in [5.41, 5.74) is 3.77. The van der Waals surface area contributed by atoms with E-state index in [2.05, 4.69) is 15.7 Å². The zero-order valence-corrected chi connectivity index (χ0v) is 18.3. The van der Waals surface area contributed by atoms with Gasteiger partial charge >= 0.3 is 13.2 Å². The molecule has 4 N–H and O–H groups in total. The van der Waals surface area contributed by atoms with Crippen molar-refractivity contribution in [2.24, 2.45) is 5.84 Å². The van der Waals surface area contributed by atoms with Crippen molar-refractivity contribution in [3.8, 4) is 0 Å². The Morgan fingerprint density at radius 2 is 1.77 bits per heavy atom. The number of hydrazine groups is 1. The third-order valence-electron chi connectivity index (χ3n) is 5.46. The molecule has 9 heteroatoms. The summed E-state index contributed by atoms with van der Waals surface area (Å²) in [6.07, 6.45) is 1.29. The van der Waals surface area contributed by atoms with Gasteiger partial charge in [-0.3, -0.25) is 0 Å². The van der Waals surface area contributed by atoms with Crippen LogP contribution in [0.1, 0.15) is 39.0 Å². The molecule has 0 bridgehead atoms. The van der Waals surface area contributed by atoms with E-state index >= 15 is 0 Å². The molecule has 0 unspecified atom stereocenters. The van der Waals surface area contributed by atoms with Crippen molar-refractivity contribution in [3.05, 3.63) is 65.3 Å². The smallest absolute Gasteiger partial charge is 0.445 e. The summed E-state index contributed by atoms with van der Waals surface area (Å²) < 4.78 is 17.6. The molecule has 0 spiro atoms. The van der Waals surface area contributed by atoms with E-state index in [9.17, 15) is 4.79 Å². The number of alkyl carbamates (subject to hydrolysis) is 1. The molecular weight excluding hydrogens is 395 g/mol. The average molecular weight is 424 g/mol. The number of amides is 1. The van der Waals surface area contributed by atoms with Gasteiger partial charge in [-0.25, -0.2) is 15.6 Å². The van der Waals surface area contributed by atoms with Gasteiger partial charge < -0.3 is 24.8 Å². The first-order valence-corrected chi connectivity index (χ1v) is 10.1. The molecular formula is C22H29BN4O4. The highest BCUT2D eigenvalue weighted by atomic mass is 16.7. The number of anilines is 1. The Morgan fingerprint density at radius 1 is 1.10 bits per heavy atom. The van der Waals surface area contributed by atoms with Crippen LogP contribution in [0.2, 0.25) is 0 Å². The maximum atomic E-state index is 12.3. The van der Waals surface area contributed by atoms with Gasteiger partial charge in [-0.15, -0.1) is 0 Å². The van der Waals surface area contributed by atoms with Crippen molar-refractivity contribution >= 4 is 25.1 Å². The highest BCUT2D eigenvalue weighted by Crippen LogP contribution is 2.38. The number of carbonyl (C=O) groups is 1. The molecule has 0 radical (unpaired) electrons. The molecule has 1 amide bonds. The van der Waals surface area contributed by atoms with E-state index in [1.165, 1.54) is 0 Å². The van der Waals surface area contributed by atoms with Crippen LogP contribution >= 0.6 is 0 Å². The minimum atomic E-state index is -0.643. The van der Waals surface area contributed by atoms with E-state index in [0.717, 1.165) is 5.56 Å². The highest BCUT2D eigenvalue weighted by molar-refractivity contribution is 6.56. The number of benzene rings is 1.